The number of hydrogen-bond donors (Lipinski definition) is 5. The van der Waals surface area contributed by atoms with Crippen LogP contribution >= 0.6 is 7.82 Å². The highest BCUT2D eigenvalue weighted by Crippen LogP contribution is 2.33. The Morgan fingerprint density at radius 3 is 2.68 bits per heavy atom. The number of phosphoric acid groups is 1. The summed E-state index contributed by atoms with van der Waals surface area (Å²) in [5.74, 6) is -1.87. The molecule has 7 N–H and O–H groups in total. The van der Waals surface area contributed by atoms with E-state index >= 15 is 0 Å². The molecule has 0 aromatic carbocycles. The maximum atomic E-state index is 12.3. The number of phosphoric ester groups is 1. The van der Waals surface area contributed by atoms with Gasteiger partial charge in [-0.05, 0) is 25.5 Å². The van der Waals surface area contributed by atoms with Crippen molar-refractivity contribution in [3.05, 3.63) is 30.1 Å². The van der Waals surface area contributed by atoms with Crippen LogP contribution in [0, 0.1) is 0 Å². The van der Waals surface area contributed by atoms with Gasteiger partial charge in [-0.2, -0.15) is 4.57 Å². The summed E-state index contributed by atoms with van der Waals surface area (Å²) in [6.45, 7) is -0.275. The van der Waals surface area contributed by atoms with E-state index in [1.807, 2.05) is 0 Å². The maximum absolute atomic E-state index is 12.3. The van der Waals surface area contributed by atoms with Crippen LogP contribution in [0.25, 0.3) is 0 Å². The van der Waals surface area contributed by atoms with Gasteiger partial charge < -0.3 is 45.5 Å². The van der Waals surface area contributed by atoms with Crippen LogP contribution in [0.1, 0.15) is 35.8 Å². The predicted molar refractivity (Wildman–Crippen MR) is 99.6 cm³/mol. The first-order valence-electron chi connectivity index (χ1n) is 9.46. The lowest BCUT2D eigenvalue weighted by molar-refractivity contribution is -0.765. The summed E-state index contributed by atoms with van der Waals surface area (Å²) in [6.07, 6.45) is -1.31. The average Bonchev–Trinajstić information content (AvgIpc) is 3.00. The van der Waals surface area contributed by atoms with Crippen molar-refractivity contribution in [1.29, 1.82) is 0 Å². The van der Waals surface area contributed by atoms with Crippen molar-refractivity contribution in [2.75, 3.05) is 13.2 Å². The summed E-state index contributed by atoms with van der Waals surface area (Å²) < 4.78 is 26.3. The third-order valence-electron chi connectivity index (χ3n) is 4.56. The van der Waals surface area contributed by atoms with E-state index in [4.69, 9.17) is 25.8 Å². The summed E-state index contributed by atoms with van der Waals surface area (Å²) >= 11 is 0. The smallest absolute Gasteiger partial charge is 0.351 e. The first-order chi connectivity index (χ1) is 14.5. The zero-order chi connectivity index (χ0) is 23.2. The fourth-order valence-corrected chi connectivity index (χ4v) is 3.24. The van der Waals surface area contributed by atoms with Gasteiger partial charge in [0.2, 0.25) is 0 Å². The van der Waals surface area contributed by atoms with E-state index in [2.05, 4.69) is 4.52 Å². The van der Waals surface area contributed by atoms with Gasteiger partial charge in [-0.15, -0.1) is 0 Å². The van der Waals surface area contributed by atoms with E-state index in [1.165, 1.54) is 29.1 Å². The molecular weight excluding hydrogens is 437 g/mol. The van der Waals surface area contributed by atoms with Crippen molar-refractivity contribution >= 4 is 19.8 Å². The number of esters is 2. The molecule has 0 bridgehead atoms. The first kappa shape index (κ1) is 25.5. The molecule has 1 aliphatic rings. The van der Waals surface area contributed by atoms with Gasteiger partial charge in [0.05, 0.1) is 6.61 Å². The van der Waals surface area contributed by atoms with Crippen LogP contribution in [0.4, 0.5) is 0 Å². The number of aliphatic hydroxyl groups excluding tert-OH is 2. The normalized spacial score (nSPS) is 26.3. The van der Waals surface area contributed by atoms with E-state index < -0.39 is 56.9 Å². The molecule has 1 aromatic rings. The van der Waals surface area contributed by atoms with Crippen molar-refractivity contribution in [3.63, 3.8) is 0 Å². The Balaban J connectivity index is 2.03. The van der Waals surface area contributed by atoms with Crippen LogP contribution in [0.3, 0.4) is 0 Å². The monoisotopic (exact) mass is 463 g/mol. The van der Waals surface area contributed by atoms with E-state index in [0.717, 1.165) is 0 Å². The zero-order valence-corrected chi connectivity index (χ0v) is 17.4. The van der Waals surface area contributed by atoms with Gasteiger partial charge in [-0.3, -0.25) is 4.57 Å². The van der Waals surface area contributed by atoms with E-state index in [1.54, 1.807) is 0 Å². The van der Waals surface area contributed by atoms with E-state index in [9.17, 15) is 29.3 Å². The number of ether oxygens (including phenoxy) is 2. The molecule has 2 rings (SSSR count). The van der Waals surface area contributed by atoms with Gasteiger partial charge in [0, 0.05) is 6.07 Å². The number of nitrogens with two attached hydrogens (primary N) is 2. The standard InChI is InChI=1S/C17H26N3O10P/c18-6-2-1-5-11(19)17(24)30-16(23)10-4-3-7-20(8-10)15-14(22)13(21)12(29-15)9-28-31(25,26)27/h3-4,7-8,11-15,21-22H,1-2,5-6,9,18-19H2,(H-,25,26,27)/t11-,12+,13+,14+,15+/m0/s1. The summed E-state index contributed by atoms with van der Waals surface area (Å²) in [6, 6.07) is 1.78. The highest BCUT2D eigenvalue weighted by molar-refractivity contribution is 7.44. The second kappa shape index (κ2) is 11.2. The fraction of sp³-hybridized carbons (Fsp3) is 0.588. The number of unbranched alkanes of at least 4 members (excludes halogenated alkanes) is 1. The molecule has 0 saturated carbocycles. The van der Waals surface area contributed by atoms with Crippen LogP contribution in [-0.4, -0.2) is 64.6 Å². The minimum atomic E-state index is -5.05. The molecule has 1 unspecified atom stereocenters. The predicted octanol–water partition coefficient (Wildman–Crippen LogP) is -2.79. The number of aliphatic hydroxyl groups is 2. The molecule has 2 heterocycles. The number of carbonyl (C=O) groups is 2. The van der Waals surface area contributed by atoms with Gasteiger partial charge >= 0.3 is 11.9 Å². The van der Waals surface area contributed by atoms with Crippen molar-refractivity contribution < 1.29 is 52.7 Å². The minimum Gasteiger partial charge on any atom is -0.756 e. The van der Waals surface area contributed by atoms with Gasteiger partial charge in [0.15, 0.2) is 18.5 Å². The SMILES string of the molecule is NCCCC[C@H](N)C(=O)OC(=O)c1ccc[n+]([C@@H]2O[C@H](COP(=O)([O-])O)[C@@H](O)[C@H]2O)c1. The lowest BCUT2D eigenvalue weighted by Crippen LogP contribution is -2.46. The van der Waals surface area contributed by atoms with Crippen molar-refractivity contribution in [3.8, 4) is 0 Å². The number of rotatable bonds is 10. The Bertz CT molecular complexity index is 819. The molecule has 0 radical (unpaired) electrons. The second-order valence-electron chi connectivity index (χ2n) is 6.95. The third kappa shape index (κ3) is 7.38. The van der Waals surface area contributed by atoms with Crippen LogP contribution in [0.15, 0.2) is 24.5 Å². The minimum absolute atomic E-state index is 0.0607. The summed E-state index contributed by atoms with van der Waals surface area (Å²) in [4.78, 5) is 43.6. The van der Waals surface area contributed by atoms with Crippen LogP contribution in [0.5, 0.6) is 0 Å². The van der Waals surface area contributed by atoms with Crippen molar-refractivity contribution in [2.45, 2.75) is 49.8 Å². The molecule has 0 spiro atoms. The Morgan fingerprint density at radius 1 is 1.32 bits per heavy atom. The maximum Gasteiger partial charge on any atom is 0.351 e. The number of pyridine rings is 1. The fourth-order valence-electron chi connectivity index (χ4n) is 2.91. The van der Waals surface area contributed by atoms with Gasteiger partial charge in [-0.1, -0.05) is 6.42 Å². The zero-order valence-electron chi connectivity index (χ0n) is 16.5. The van der Waals surface area contributed by atoms with Crippen molar-refractivity contribution in [2.24, 2.45) is 11.5 Å². The topological polar surface area (TPSA) is 219 Å². The molecule has 0 amide bonds. The number of aromatic nitrogens is 1. The molecule has 13 nitrogen and oxygen atoms in total. The molecule has 1 aromatic heterocycles. The second-order valence-corrected chi connectivity index (χ2v) is 8.15. The highest BCUT2D eigenvalue weighted by atomic mass is 31.2. The number of carbonyl (C=O) groups excluding carboxylic acids is 2. The van der Waals surface area contributed by atoms with Crippen molar-refractivity contribution in [1.82, 2.24) is 0 Å². The van der Waals surface area contributed by atoms with Crippen LogP contribution in [0.2, 0.25) is 0 Å². The lowest BCUT2D eigenvalue weighted by Gasteiger charge is -2.19. The molecular formula is C17H26N3O10P. The first-order valence-corrected chi connectivity index (χ1v) is 11.0. The molecule has 0 aliphatic carbocycles. The summed E-state index contributed by atoms with van der Waals surface area (Å²) in [7, 11) is -5.05. The molecule has 31 heavy (non-hydrogen) atoms. The number of hydrogen-bond acceptors (Lipinski definition) is 11. The van der Waals surface area contributed by atoms with Crippen LogP contribution in [-0.2, 0) is 23.4 Å². The summed E-state index contributed by atoms with van der Waals surface area (Å²) in [5, 5.41) is 20.2. The molecule has 174 valence electrons. The van der Waals surface area contributed by atoms with Gasteiger partial charge in [-0.25, -0.2) is 9.59 Å². The Kier molecular flexibility index (Phi) is 9.18. The highest BCUT2D eigenvalue weighted by Gasteiger charge is 2.48. The lowest BCUT2D eigenvalue weighted by atomic mass is 10.1. The molecule has 14 heteroatoms. The van der Waals surface area contributed by atoms with E-state index in [0.29, 0.717) is 25.8 Å². The Labute approximate surface area is 177 Å². The molecule has 1 aliphatic heterocycles. The number of nitrogens with zero attached hydrogens (tertiary/aromatic N) is 1. The largest absolute Gasteiger partial charge is 0.756 e. The third-order valence-corrected chi connectivity index (χ3v) is 5.03. The van der Waals surface area contributed by atoms with Gasteiger partial charge in [0.1, 0.15) is 23.8 Å². The Hall–Kier alpha value is -1.80. The summed E-state index contributed by atoms with van der Waals surface area (Å²) in [5.41, 5.74) is 11.0. The van der Waals surface area contributed by atoms with Gasteiger partial charge in [0.25, 0.3) is 14.1 Å². The van der Waals surface area contributed by atoms with E-state index in [-0.39, 0.29) is 5.56 Å². The quantitative estimate of drug-likeness (QED) is 0.0782. The van der Waals surface area contributed by atoms with Crippen LogP contribution < -0.4 is 20.9 Å². The Morgan fingerprint density at radius 2 is 2.03 bits per heavy atom. The molecule has 1 saturated heterocycles. The average molecular weight is 463 g/mol. The molecule has 1 fully saturated rings. The molecule has 6 atom stereocenters.